The lowest BCUT2D eigenvalue weighted by Crippen LogP contribution is -1.88. The van der Waals surface area contributed by atoms with Crippen LogP contribution in [0.5, 0.6) is 0 Å². The molecule has 116 valence electrons. The zero-order valence-corrected chi connectivity index (χ0v) is 14.0. The minimum atomic E-state index is 1.31. The Morgan fingerprint density at radius 3 is 2.12 bits per heavy atom. The maximum absolute atomic E-state index is 2.30. The van der Waals surface area contributed by atoms with E-state index < -0.39 is 0 Å². The molecule has 5 aromatic carbocycles. The molecule has 5 aromatic rings. The summed E-state index contributed by atoms with van der Waals surface area (Å²) in [5.74, 6) is 0. The molecule has 0 atom stereocenters. The average Bonchev–Trinajstić information content (AvgIpc) is 3.01. The van der Waals surface area contributed by atoms with Crippen LogP contribution in [0.25, 0.3) is 54.6 Å². The summed E-state index contributed by atoms with van der Waals surface area (Å²) in [4.78, 5) is 0. The molecule has 0 saturated carbocycles. The van der Waals surface area contributed by atoms with Crippen molar-refractivity contribution in [2.24, 2.45) is 0 Å². The van der Waals surface area contributed by atoms with Gasteiger partial charge in [0.1, 0.15) is 0 Å². The van der Waals surface area contributed by atoms with E-state index in [1.807, 2.05) is 0 Å². The van der Waals surface area contributed by atoms with E-state index in [0.29, 0.717) is 0 Å². The molecule has 0 N–H and O–H groups in total. The van der Waals surface area contributed by atoms with Crippen LogP contribution >= 0.6 is 0 Å². The molecule has 0 heteroatoms. The minimum absolute atomic E-state index is 1.31. The molecule has 0 saturated heterocycles. The number of benzene rings is 5. The summed E-state index contributed by atoms with van der Waals surface area (Å²) < 4.78 is 0. The number of fused-ring (bicyclic) bond motifs is 7. The summed E-state index contributed by atoms with van der Waals surface area (Å²) in [5.41, 5.74) is 6.93. The molecule has 0 bridgehead atoms. The third-order valence-corrected chi connectivity index (χ3v) is 5.78. The second-order valence-corrected chi connectivity index (χ2v) is 6.98. The van der Waals surface area contributed by atoms with Gasteiger partial charge < -0.3 is 0 Å². The summed E-state index contributed by atoms with van der Waals surface area (Å²) >= 11 is 0. The fourth-order valence-electron chi connectivity index (χ4n) is 4.72. The molecule has 0 spiro atoms. The van der Waals surface area contributed by atoms with Crippen molar-refractivity contribution in [2.75, 3.05) is 0 Å². The van der Waals surface area contributed by atoms with Gasteiger partial charge in [0.05, 0.1) is 0 Å². The molecule has 0 amide bonds. The van der Waals surface area contributed by atoms with Crippen molar-refractivity contribution in [2.45, 2.75) is 6.92 Å². The fraction of sp³-hybridized carbons (Fsp3) is 0.0400. The maximum Gasteiger partial charge on any atom is -0.00170 e. The van der Waals surface area contributed by atoms with Gasteiger partial charge >= 0.3 is 0 Å². The van der Waals surface area contributed by atoms with Gasteiger partial charge in [-0.05, 0) is 67.1 Å². The first-order valence-electron chi connectivity index (χ1n) is 8.81. The minimum Gasteiger partial charge on any atom is -0.0616 e. The molecule has 0 aliphatic heterocycles. The third-order valence-electron chi connectivity index (χ3n) is 5.78. The quantitative estimate of drug-likeness (QED) is 0.262. The molecule has 0 unspecified atom stereocenters. The lowest BCUT2D eigenvalue weighted by molar-refractivity contribution is 1.56. The first kappa shape index (κ1) is 13.2. The van der Waals surface area contributed by atoms with Crippen LogP contribution in [0.3, 0.4) is 0 Å². The molecular weight excluding hydrogens is 300 g/mol. The van der Waals surface area contributed by atoms with Gasteiger partial charge in [-0.1, -0.05) is 78.9 Å². The monoisotopic (exact) mass is 316 g/mol. The molecule has 1 aliphatic rings. The molecule has 1 aliphatic carbocycles. The lowest BCUT2D eigenvalue weighted by atomic mass is 9.89. The number of rotatable bonds is 0. The normalized spacial score (nSPS) is 12.2. The van der Waals surface area contributed by atoms with Gasteiger partial charge in [0.15, 0.2) is 0 Å². The Kier molecular flexibility index (Phi) is 2.37. The first-order valence-corrected chi connectivity index (χ1v) is 8.81. The summed E-state index contributed by atoms with van der Waals surface area (Å²) in [6.07, 6.45) is 0. The molecule has 0 aromatic heterocycles. The zero-order chi connectivity index (χ0) is 16.5. The molecular formula is C25H16. The Bertz CT molecular complexity index is 1340. The average molecular weight is 316 g/mol. The second kappa shape index (κ2) is 4.49. The number of hydrogen-bond donors (Lipinski definition) is 0. The highest BCUT2D eigenvalue weighted by molar-refractivity contribution is 6.29. The topological polar surface area (TPSA) is 0 Å². The van der Waals surface area contributed by atoms with E-state index in [9.17, 15) is 0 Å². The van der Waals surface area contributed by atoms with Crippen LogP contribution in [0.2, 0.25) is 0 Å². The van der Waals surface area contributed by atoms with E-state index in [1.54, 1.807) is 0 Å². The van der Waals surface area contributed by atoms with Crippen LogP contribution in [0.15, 0.2) is 78.9 Å². The zero-order valence-electron chi connectivity index (χ0n) is 14.0. The van der Waals surface area contributed by atoms with Crippen molar-refractivity contribution in [1.29, 1.82) is 0 Å². The number of aryl methyl sites for hydroxylation is 1. The van der Waals surface area contributed by atoms with Crippen LogP contribution in [0, 0.1) is 6.92 Å². The van der Waals surface area contributed by atoms with Crippen LogP contribution in [0.4, 0.5) is 0 Å². The largest absolute Gasteiger partial charge is 0.0616 e. The van der Waals surface area contributed by atoms with E-state index in [2.05, 4.69) is 85.8 Å². The number of hydrogen-bond acceptors (Lipinski definition) is 0. The first-order chi connectivity index (χ1) is 12.3. The molecule has 0 fully saturated rings. The Morgan fingerprint density at radius 1 is 0.480 bits per heavy atom. The Hall–Kier alpha value is -3.12. The van der Waals surface area contributed by atoms with E-state index in [0.717, 1.165) is 0 Å². The highest BCUT2D eigenvalue weighted by Gasteiger charge is 2.24. The second-order valence-electron chi connectivity index (χ2n) is 6.98. The van der Waals surface area contributed by atoms with Gasteiger partial charge in [-0.15, -0.1) is 0 Å². The van der Waals surface area contributed by atoms with Gasteiger partial charge in [-0.3, -0.25) is 0 Å². The Balaban J connectivity index is 1.98. The predicted octanol–water partition coefficient (Wildman–Crippen LogP) is 7.10. The molecule has 0 nitrogen and oxygen atoms in total. The fourth-order valence-corrected chi connectivity index (χ4v) is 4.72. The maximum atomic E-state index is 2.30. The Morgan fingerprint density at radius 2 is 1.20 bits per heavy atom. The summed E-state index contributed by atoms with van der Waals surface area (Å²) in [6, 6.07) is 28.9. The van der Waals surface area contributed by atoms with Gasteiger partial charge in [0.2, 0.25) is 0 Å². The van der Waals surface area contributed by atoms with Crippen molar-refractivity contribution in [1.82, 2.24) is 0 Å². The van der Waals surface area contributed by atoms with Crippen molar-refractivity contribution >= 4 is 32.3 Å². The van der Waals surface area contributed by atoms with Crippen molar-refractivity contribution in [3.05, 3.63) is 84.4 Å². The molecule has 0 heterocycles. The standard InChI is InChI=1S/C25H16/c1-15-17-14-13-16-7-2-3-8-18(16)24(17)22-12-6-11-21-19-9-4-5-10-20(19)23(15)25(21)22/h2-14H,1H3. The van der Waals surface area contributed by atoms with Crippen molar-refractivity contribution in [3.63, 3.8) is 0 Å². The summed E-state index contributed by atoms with van der Waals surface area (Å²) in [7, 11) is 0. The van der Waals surface area contributed by atoms with Gasteiger partial charge in [0.25, 0.3) is 0 Å². The van der Waals surface area contributed by atoms with Gasteiger partial charge in [-0.2, -0.15) is 0 Å². The van der Waals surface area contributed by atoms with Gasteiger partial charge in [-0.25, -0.2) is 0 Å². The van der Waals surface area contributed by atoms with Crippen LogP contribution < -0.4 is 0 Å². The van der Waals surface area contributed by atoms with Crippen LogP contribution in [0.1, 0.15) is 5.56 Å². The van der Waals surface area contributed by atoms with Crippen LogP contribution in [-0.2, 0) is 0 Å². The van der Waals surface area contributed by atoms with E-state index >= 15 is 0 Å². The van der Waals surface area contributed by atoms with Gasteiger partial charge in [0, 0.05) is 0 Å². The summed E-state index contributed by atoms with van der Waals surface area (Å²) in [5, 5.41) is 8.22. The smallest absolute Gasteiger partial charge is 0.00170 e. The highest BCUT2D eigenvalue weighted by Crippen LogP contribution is 2.51. The van der Waals surface area contributed by atoms with E-state index in [1.165, 1.54) is 60.1 Å². The molecule has 25 heavy (non-hydrogen) atoms. The van der Waals surface area contributed by atoms with E-state index in [-0.39, 0.29) is 0 Å². The van der Waals surface area contributed by atoms with Crippen LogP contribution in [-0.4, -0.2) is 0 Å². The highest BCUT2D eigenvalue weighted by atomic mass is 14.3. The third kappa shape index (κ3) is 1.52. The van der Waals surface area contributed by atoms with Crippen molar-refractivity contribution < 1.29 is 0 Å². The SMILES string of the molecule is Cc1c2c3c(cccc3c3c1ccc1ccccc13)-c1ccccc1-2. The lowest BCUT2D eigenvalue weighted by Gasteiger charge is -2.14. The Labute approximate surface area is 146 Å². The molecule has 6 rings (SSSR count). The predicted molar refractivity (Wildman–Crippen MR) is 108 cm³/mol. The molecule has 0 radical (unpaired) electrons. The van der Waals surface area contributed by atoms with Crippen molar-refractivity contribution in [3.8, 4) is 22.3 Å². The summed E-state index contributed by atoms with van der Waals surface area (Å²) in [6.45, 7) is 2.28. The van der Waals surface area contributed by atoms with E-state index in [4.69, 9.17) is 0 Å².